The maximum atomic E-state index is 12.4. The molecular weight excluding hydrogens is 384 g/mol. The Morgan fingerprint density at radius 1 is 1.14 bits per heavy atom. The summed E-state index contributed by atoms with van der Waals surface area (Å²) in [6.45, 7) is 3.55. The Balaban J connectivity index is 0.00000240. The van der Waals surface area contributed by atoms with Gasteiger partial charge in [-0.1, -0.05) is 19.3 Å². The number of amides is 1. The smallest absolute Gasteiger partial charge is 0.223 e. The van der Waals surface area contributed by atoms with Crippen LogP contribution < -0.4 is 5.32 Å². The molecule has 5 nitrogen and oxygen atoms in total. The predicted octanol–water partition coefficient (Wildman–Crippen LogP) is 4.92. The molecule has 0 aliphatic heterocycles. The van der Waals surface area contributed by atoms with E-state index in [1.165, 1.54) is 19.3 Å². The van der Waals surface area contributed by atoms with Gasteiger partial charge in [0, 0.05) is 48.0 Å². The molecule has 1 aliphatic rings. The Bertz CT molecular complexity index is 962. The first-order chi connectivity index (χ1) is 13.7. The molecule has 0 saturated heterocycles. The Kier molecular flexibility index (Phi) is 7.26. The molecule has 1 saturated carbocycles. The molecule has 29 heavy (non-hydrogen) atoms. The van der Waals surface area contributed by atoms with Crippen molar-refractivity contribution in [2.45, 2.75) is 52.0 Å². The van der Waals surface area contributed by atoms with E-state index >= 15 is 0 Å². The Morgan fingerprint density at radius 2 is 1.90 bits per heavy atom. The van der Waals surface area contributed by atoms with Gasteiger partial charge in [-0.05, 0) is 56.5 Å². The molecule has 1 aliphatic carbocycles. The number of nitrogens with one attached hydrogen (secondary N) is 1. The largest absolute Gasteiger partial charge is 0.356 e. The molecule has 0 atom stereocenters. The highest BCUT2D eigenvalue weighted by Gasteiger charge is 2.20. The molecule has 3 aromatic heterocycles. The number of aromatic nitrogens is 3. The van der Waals surface area contributed by atoms with E-state index in [2.05, 4.69) is 38.1 Å². The summed E-state index contributed by atoms with van der Waals surface area (Å²) in [5.41, 5.74) is 4.26. The summed E-state index contributed by atoms with van der Waals surface area (Å²) in [6, 6.07) is 10.3. The Morgan fingerprint density at radius 3 is 2.69 bits per heavy atom. The van der Waals surface area contributed by atoms with Crippen molar-refractivity contribution < 1.29 is 4.79 Å². The highest BCUT2D eigenvalue weighted by molar-refractivity contribution is 5.85. The molecule has 4 rings (SSSR count). The number of carbonyl (C=O) groups excluding carboxylic acids is 1. The van der Waals surface area contributed by atoms with E-state index in [0.717, 1.165) is 53.8 Å². The van der Waals surface area contributed by atoms with Gasteiger partial charge in [0.25, 0.3) is 0 Å². The predicted molar refractivity (Wildman–Crippen MR) is 119 cm³/mol. The topological polar surface area (TPSA) is 59.8 Å². The molecule has 1 N–H and O–H groups in total. The molecule has 0 radical (unpaired) electrons. The van der Waals surface area contributed by atoms with Crippen LogP contribution in [0.15, 0.2) is 42.7 Å². The molecule has 0 bridgehead atoms. The second-order valence-electron chi connectivity index (χ2n) is 7.71. The van der Waals surface area contributed by atoms with Crippen molar-refractivity contribution in [1.29, 1.82) is 0 Å². The molecule has 0 spiro atoms. The van der Waals surface area contributed by atoms with Gasteiger partial charge in [0.2, 0.25) is 5.91 Å². The molecular formula is C23H29ClN4O. The number of aryl methyl sites for hydroxylation is 2. The number of nitrogens with zero attached hydrogens (tertiary/aromatic N) is 3. The SMILES string of the molecule is Cc1ncccc1-c1cc2cccnc2n1CCCNC(=O)C1CCCCC1.Cl. The van der Waals surface area contributed by atoms with Gasteiger partial charge in [0.15, 0.2) is 0 Å². The lowest BCUT2D eigenvalue weighted by molar-refractivity contribution is -0.125. The molecule has 0 unspecified atom stereocenters. The van der Waals surface area contributed by atoms with Crippen LogP contribution in [0.1, 0.15) is 44.2 Å². The first-order valence-electron chi connectivity index (χ1n) is 10.4. The van der Waals surface area contributed by atoms with Gasteiger partial charge >= 0.3 is 0 Å². The molecule has 6 heteroatoms. The van der Waals surface area contributed by atoms with E-state index in [1.807, 2.05) is 31.5 Å². The first-order valence-corrected chi connectivity index (χ1v) is 10.4. The quantitative estimate of drug-likeness (QED) is 0.585. The molecule has 1 fully saturated rings. The van der Waals surface area contributed by atoms with Crippen LogP contribution in [0.4, 0.5) is 0 Å². The van der Waals surface area contributed by atoms with Crippen molar-refractivity contribution in [3.8, 4) is 11.3 Å². The van der Waals surface area contributed by atoms with Crippen LogP contribution in [0, 0.1) is 12.8 Å². The fourth-order valence-corrected chi connectivity index (χ4v) is 4.25. The molecule has 0 aromatic carbocycles. The molecule has 3 heterocycles. The van der Waals surface area contributed by atoms with Gasteiger partial charge in [-0.3, -0.25) is 9.78 Å². The average molecular weight is 413 g/mol. The lowest BCUT2D eigenvalue weighted by Gasteiger charge is -2.20. The summed E-state index contributed by atoms with van der Waals surface area (Å²) >= 11 is 0. The van der Waals surface area contributed by atoms with Crippen molar-refractivity contribution in [3.63, 3.8) is 0 Å². The standard InChI is InChI=1S/C23H28N4O.ClH/c1-17-20(11-6-12-24-17)21-16-19-10-5-13-25-22(19)27(21)15-7-14-26-23(28)18-8-3-2-4-9-18;/h5-6,10-13,16,18H,2-4,7-9,14-15H2,1H3,(H,26,28);1H. The summed E-state index contributed by atoms with van der Waals surface area (Å²) in [4.78, 5) is 21.4. The average Bonchev–Trinajstić information content (AvgIpc) is 3.10. The minimum absolute atomic E-state index is 0. The van der Waals surface area contributed by atoms with E-state index in [0.29, 0.717) is 6.54 Å². The monoisotopic (exact) mass is 412 g/mol. The van der Waals surface area contributed by atoms with Crippen LogP contribution in [0.3, 0.4) is 0 Å². The van der Waals surface area contributed by atoms with Crippen LogP contribution in [0.25, 0.3) is 22.3 Å². The minimum atomic E-state index is 0. The van der Waals surface area contributed by atoms with Gasteiger partial charge in [-0.2, -0.15) is 0 Å². The van der Waals surface area contributed by atoms with E-state index in [9.17, 15) is 4.79 Å². The number of rotatable bonds is 6. The summed E-state index contributed by atoms with van der Waals surface area (Å²) in [6.07, 6.45) is 10.3. The van der Waals surface area contributed by atoms with Gasteiger partial charge in [-0.15, -0.1) is 12.4 Å². The van der Waals surface area contributed by atoms with Crippen LogP contribution in [0.5, 0.6) is 0 Å². The van der Waals surface area contributed by atoms with Gasteiger partial charge in [-0.25, -0.2) is 4.98 Å². The van der Waals surface area contributed by atoms with Gasteiger partial charge in [0.1, 0.15) is 5.65 Å². The minimum Gasteiger partial charge on any atom is -0.356 e. The van der Waals surface area contributed by atoms with Gasteiger partial charge in [0.05, 0.1) is 5.69 Å². The number of pyridine rings is 2. The molecule has 3 aromatic rings. The van der Waals surface area contributed by atoms with E-state index in [4.69, 9.17) is 0 Å². The Labute approximate surface area is 178 Å². The van der Waals surface area contributed by atoms with Crippen LogP contribution in [0.2, 0.25) is 0 Å². The molecule has 1 amide bonds. The van der Waals surface area contributed by atoms with Crippen LogP contribution in [-0.2, 0) is 11.3 Å². The van der Waals surface area contributed by atoms with Crippen molar-refractivity contribution in [1.82, 2.24) is 19.9 Å². The number of hydrogen-bond donors (Lipinski definition) is 1. The molecule has 154 valence electrons. The van der Waals surface area contributed by atoms with Crippen molar-refractivity contribution in [2.75, 3.05) is 6.54 Å². The van der Waals surface area contributed by atoms with E-state index < -0.39 is 0 Å². The maximum absolute atomic E-state index is 12.4. The fourth-order valence-electron chi connectivity index (χ4n) is 4.25. The zero-order valence-electron chi connectivity index (χ0n) is 16.9. The Hall–Kier alpha value is -2.40. The lowest BCUT2D eigenvalue weighted by atomic mass is 9.89. The summed E-state index contributed by atoms with van der Waals surface area (Å²) in [7, 11) is 0. The fraction of sp³-hybridized carbons (Fsp3) is 0.435. The first kappa shape index (κ1) is 21.3. The third-order valence-electron chi connectivity index (χ3n) is 5.77. The van der Waals surface area contributed by atoms with Crippen molar-refractivity contribution >= 4 is 29.3 Å². The highest BCUT2D eigenvalue weighted by atomic mass is 35.5. The summed E-state index contributed by atoms with van der Waals surface area (Å²) in [5.74, 6) is 0.454. The van der Waals surface area contributed by atoms with Crippen LogP contribution in [-0.4, -0.2) is 27.0 Å². The van der Waals surface area contributed by atoms with E-state index in [1.54, 1.807) is 0 Å². The lowest BCUT2D eigenvalue weighted by Crippen LogP contribution is -2.32. The summed E-state index contributed by atoms with van der Waals surface area (Å²) < 4.78 is 2.26. The third-order valence-corrected chi connectivity index (χ3v) is 5.77. The third kappa shape index (κ3) is 4.78. The zero-order chi connectivity index (χ0) is 19.3. The number of halogens is 1. The zero-order valence-corrected chi connectivity index (χ0v) is 17.8. The number of fused-ring (bicyclic) bond motifs is 1. The highest BCUT2D eigenvalue weighted by Crippen LogP contribution is 2.29. The van der Waals surface area contributed by atoms with Gasteiger partial charge < -0.3 is 9.88 Å². The van der Waals surface area contributed by atoms with Crippen molar-refractivity contribution in [2.24, 2.45) is 5.92 Å². The number of carbonyl (C=O) groups is 1. The maximum Gasteiger partial charge on any atom is 0.223 e. The normalized spacial score (nSPS) is 14.5. The second-order valence-corrected chi connectivity index (χ2v) is 7.71. The second kappa shape index (κ2) is 9.88. The summed E-state index contributed by atoms with van der Waals surface area (Å²) in [5, 5.41) is 4.28. The van der Waals surface area contributed by atoms with E-state index in [-0.39, 0.29) is 24.2 Å². The number of hydrogen-bond acceptors (Lipinski definition) is 3. The van der Waals surface area contributed by atoms with Crippen LogP contribution >= 0.6 is 12.4 Å². The van der Waals surface area contributed by atoms with Crippen molar-refractivity contribution in [3.05, 3.63) is 48.4 Å².